The zero-order valence-electron chi connectivity index (χ0n) is 16.5. The molecule has 0 saturated carbocycles. The minimum absolute atomic E-state index is 0.455. The van der Waals surface area contributed by atoms with Gasteiger partial charge in [-0.1, -0.05) is 18.2 Å². The number of sulfonamides is 1. The molecule has 0 spiro atoms. The minimum Gasteiger partial charge on any atom is -0.338 e. The molecule has 2 aliphatic heterocycles. The van der Waals surface area contributed by atoms with Gasteiger partial charge in [0.2, 0.25) is 16.0 Å². The lowest BCUT2D eigenvalue weighted by atomic mass is 9.94. The van der Waals surface area contributed by atoms with Gasteiger partial charge < -0.3 is 4.90 Å². The standard InChI is InChI=1S/C20H27N5O2S/c1-20(2)17-7-3-4-8-18(17)28(26,27)25(20)12-6-11-23-13-15-24(16-14-23)19-21-9-5-10-22-19/h3-5,7-10H,6,11-16H2,1-2H3. The molecule has 8 heteroatoms. The van der Waals surface area contributed by atoms with Gasteiger partial charge in [-0.25, -0.2) is 18.4 Å². The van der Waals surface area contributed by atoms with Crippen molar-refractivity contribution in [3.05, 3.63) is 48.3 Å². The minimum atomic E-state index is -3.41. The number of anilines is 1. The molecule has 1 saturated heterocycles. The summed E-state index contributed by atoms with van der Waals surface area (Å²) in [6, 6.07) is 9.18. The van der Waals surface area contributed by atoms with Crippen LogP contribution in [0.3, 0.4) is 0 Å². The molecule has 28 heavy (non-hydrogen) atoms. The van der Waals surface area contributed by atoms with Gasteiger partial charge in [-0.05, 0) is 44.5 Å². The SMILES string of the molecule is CC1(C)c2ccccc2S(=O)(=O)N1CCCN1CCN(c2ncccn2)CC1. The smallest absolute Gasteiger partial charge is 0.244 e. The van der Waals surface area contributed by atoms with E-state index in [0.717, 1.165) is 50.7 Å². The number of aromatic nitrogens is 2. The van der Waals surface area contributed by atoms with E-state index < -0.39 is 15.6 Å². The van der Waals surface area contributed by atoms with E-state index in [9.17, 15) is 8.42 Å². The molecule has 0 N–H and O–H groups in total. The van der Waals surface area contributed by atoms with Crippen molar-refractivity contribution in [2.45, 2.75) is 30.7 Å². The highest BCUT2D eigenvalue weighted by atomic mass is 32.2. The average molecular weight is 402 g/mol. The van der Waals surface area contributed by atoms with Gasteiger partial charge in [0.25, 0.3) is 0 Å². The van der Waals surface area contributed by atoms with Gasteiger partial charge in [-0.2, -0.15) is 4.31 Å². The van der Waals surface area contributed by atoms with Crippen molar-refractivity contribution in [3.8, 4) is 0 Å². The van der Waals surface area contributed by atoms with Crippen LogP contribution < -0.4 is 4.90 Å². The molecule has 0 aliphatic carbocycles. The van der Waals surface area contributed by atoms with Crippen molar-refractivity contribution in [1.82, 2.24) is 19.2 Å². The maximum atomic E-state index is 13.0. The summed E-state index contributed by atoms with van der Waals surface area (Å²) in [5, 5.41) is 0. The molecule has 2 aliphatic rings. The number of hydrogen-bond donors (Lipinski definition) is 0. The Morgan fingerprint density at radius 1 is 0.964 bits per heavy atom. The van der Waals surface area contributed by atoms with E-state index in [4.69, 9.17) is 0 Å². The third-order valence-corrected chi connectivity index (χ3v) is 7.91. The lowest BCUT2D eigenvalue weighted by Gasteiger charge is -2.35. The fourth-order valence-electron chi connectivity index (χ4n) is 4.21. The highest BCUT2D eigenvalue weighted by Gasteiger charge is 2.47. The van der Waals surface area contributed by atoms with Crippen molar-refractivity contribution in [3.63, 3.8) is 0 Å². The van der Waals surface area contributed by atoms with Crippen LogP contribution >= 0.6 is 0 Å². The maximum Gasteiger partial charge on any atom is 0.244 e. The quantitative estimate of drug-likeness (QED) is 0.763. The van der Waals surface area contributed by atoms with Crippen LogP contribution in [0, 0.1) is 0 Å². The van der Waals surface area contributed by atoms with E-state index in [1.54, 1.807) is 28.8 Å². The zero-order valence-corrected chi connectivity index (χ0v) is 17.3. The fraction of sp³-hybridized carbons (Fsp3) is 0.500. The molecule has 0 amide bonds. The largest absolute Gasteiger partial charge is 0.338 e. The van der Waals surface area contributed by atoms with Gasteiger partial charge in [0.1, 0.15) is 0 Å². The number of benzene rings is 1. The Labute approximate surface area is 167 Å². The Hall–Kier alpha value is -2.03. The topological polar surface area (TPSA) is 69.6 Å². The van der Waals surface area contributed by atoms with E-state index in [-0.39, 0.29) is 0 Å². The van der Waals surface area contributed by atoms with E-state index in [2.05, 4.69) is 19.8 Å². The van der Waals surface area contributed by atoms with Gasteiger partial charge in [0, 0.05) is 45.1 Å². The van der Waals surface area contributed by atoms with Gasteiger partial charge in [0.05, 0.1) is 10.4 Å². The summed E-state index contributed by atoms with van der Waals surface area (Å²) in [4.78, 5) is 13.7. The molecule has 0 unspecified atom stereocenters. The number of piperazine rings is 1. The van der Waals surface area contributed by atoms with Gasteiger partial charge in [-0.15, -0.1) is 0 Å². The van der Waals surface area contributed by atoms with Gasteiger partial charge in [0.15, 0.2) is 0 Å². The summed E-state index contributed by atoms with van der Waals surface area (Å²) in [6.45, 7) is 9.08. The van der Waals surface area contributed by atoms with Crippen molar-refractivity contribution in [1.29, 1.82) is 0 Å². The van der Waals surface area contributed by atoms with Crippen LogP contribution in [0.15, 0.2) is 47.6 Å². The summed E-state index contributed by atoms with van der Waals surface area (Å²) >= 11 is 0. The molecule has 2 aromatic rings. The summed E-state index contributed by atoms with van der Waals surface area (Å²) in [5.74, 6) is 0.782. The predicted octanol–water partition coefficient (Wildman–Crippen LogP) is 1.93. The first kappa shape index (κ1) is 19.3. The third kappa shape index (κ3) is 3.40. The number of fused-ring (bicyclic) bond motifs is 1. The Morgan fingerprint density at radius 3 is 2.32 bits per heavy atom. The average Bonchev–Trinajstić information content (AvgIpc) is 2.86. The van der Waals surface area contributed by atoms with Crippen LogP contribution in [-0.2, 0) is 15.6 Å². The monoisotopic (exact) mass is 401 g/mol. The number of hydrogen-bond acceptors (Lipinski definition) is 6. The first-order valence-electron chi connectivity index (χ1n) is 9.77. The highest BCUT2D eigenvalue weighted by Crippen LogP contribution is 2.43. The third-order valence-electron chi connectivity index (χ3n) is 5.78. The first-order valence-corrected chi connectivity index (χ1v) is 11.2. The van der Waals surface area contributed by atoms with Crippen LogP contribution in [0.4, 0.5) is 5.95 Å². The molecule has 0 atom stereocenters. The lowest BCUT2D eigenvalue weighted by Crippen LogP contribution is -2.48. The molecule has 0 radical (unpaired) electrons. The summed E-state index contributed by atoms with van der Waals surface area (Å²) in [5.41, 5.74) is 0.394. The second-order valence-corrected chi connectivity index (χ2v) is 9.69. The van der Waals surface area contributed by atoms with E-state index in [1.807, 2.05) is 32.0 Å². The highest BCUT2D eigenvalue weighted by molar-refractivity contribution is 7.89. The van der Waals surface area contributed by atoms with Crippen molar-refractivity contribution in [2.24, 2.45) is 0 Å². The number of rotatable bonds is 5. The van der Waals surface area contributed by atoms with Gasteiger partial charge >= 0.3 is 0 Å². The van der Waals surface area contributed by atoms with E-state index in [0.29, 0.717) is 11.4 Å². The van der Waals surface area contributed by atoms with Crippen molar-refractivity contribution >= 4 is 16.0 Å². The molecular formula is C20H27N5O2S. The Kier molecular flexibility index (Phi) is 5.11. The second-order valence-electron chi connectivity index (χ2n) is 7.86. The molecular weight excluding hydrogens is 374 g/mol. The molecule has 7 nitrogen and oxygen atoms in total. The molecule has 0 bridgehead atoms. The normalized spacial score (nSPS) is 21.6. The van der Waals surface area contributed by atoms with Crippen LogP contribution in [-0.4, -0.2) is 66.9 Å². The summed E-state index contributed by atoms with van der Waals surface area (Å²) in [6.07, 6.45) is 4.36. The summed E-state index contributed by atoms with van der Waals surface area (Å²) < 4.78 is 27.6. The Balaban J connectivity index is 1.33. The molecule has 1 aromatic heterocycles. The van der Waals surface area contributed by atoms with E-state index in [1.165, 1.54) is 0 Å². The van der Waals surface area contributed by atoms with Crippen molar-refractivity contribution < 1.29 is 8.42 Å². The van der Waals surface area contributed by atoms with Crippen LogP contribution in [0.2, 0.25) is 0 Å². The predicted molar refractivity (Wildman–Crippen MR) is 109 cm³/mol. The molecule has 1 fully saturated rings. The first-order chi connectivity index (χ1) is 13.4. The van der Waals surface area contributed by atoms with Gasteiger partial charge in [-0.3, -0.25) is 4.90 Å². The van der Waals surface area contributed by atoms with Crippen LogP contribution in [0.1, 0.15) is 25.8 Å². The second kappa shape index (κ2) is 7.42. The van der Waals surface area contributed by atoms with E-state index >= 15 is 0 Å². The molecule has 150 valence electrons. The van der Waals surface area contributed by atoms with Crippen molar-refractivity contribution in [2.75, 3.05) is 44.2 Å². The fourth-order valence-corrected chi connectivity index (χ4v) is 6.37. The Morgan fingerprint density at radius 2 is 1.64 bits per heavy atom. The maximum absolute atomic E-state index is 13.0. The molecule has 1 aromatic carbocycles. The zero-order chi connectivity index (χ0) is 19.8. The van der Waals surface area contributed by atoms with Crippen LogP contribution in [0.5, 0.6) is 0 Å². The van der Waals surface area contributed by atoms with Crippen LogP contribution in [0.25, 0.3) is 0 Å². The molecule has 4 rings (SSSR count). The molecule has 3 heterocycles. The Bertz CT molecular complexity index is 925. The lowest BCUT2D eigenvalue weighted by molar-refractivity contribution is 0.209. The summed E-state index contributed by atoms with van der Waals surface area (Å²) in [7, 11) is -3.41. The number of nitrogens with zero attached hydrogens (tertiary/aromatic N) is 5.